The van der Waals surface area contributed by atoms with Crippen LogP contribution in [0.4, 0.5) is 33.7 Å². The lowest BCUT2D eigenvalue weighted by Crippen LogP contribution is -2.40. The Balaban J connectivity index is 1.23. The molecule has 0 radical (unpaired) electrons. The van der Waals surface area contributed by atoms with E-state index in [1.54, 1.807) is 42.5 Å². The fourth-order valence-corrected chi connectivity index (χ4v) is 6.23. The summed E-state index contributed by atoms with van der Waals surface area (Å²) in [6.45, 7) is 2.61. The maximum atomic E-state index is 15.6. The molecule has 2 amide bonds. The molecule has 1 fully saturated rings. The fourth-order valence-electron chi connectivity index (χ4n) is 5.97. The second kappa shape index (κ2) is 15.0. The number of benzene rings is 4. The highest BCUT2D eigenvalue weighted by atomic mass is 35.5. The van der Waals surface area contributed by atoms with Crippen molar-refractivity contribution in [3.05, 3.63) is 134 Å². The molecule has 2 aliphatic rings. The van der Waals surface area contributed by atoms with E-state index in [4.69, 9.17) is 21.1 Å². The van der Waals surface area contributed by atoms with Gasteiger partial charge in [-0.3, -0.25) is 9.59 Å². The van der Waals surface area contributed by atoms with E-state index in [2.05, 4.69) is 15.5 Å². The molecule has 2 N–H and O–H groups in total. The van der Waals surface area contributed by atoms with Crippen molar-refractivity contribution in [3.8, 4) is 5.75 Å². The van der Waals surface area contributed by atoms with Crippen LogP contribution in [0.25, 0.3) is 0 Å². The first-order valence-electron chi connectivity index (χ1n) is 16.3. The number of hydrogen-bond acceptors (Lipinski definition) is 7. The predicted octanol–water partition coefficient (Wildman–Crippen LogP) is 8.52. The summed E-state index contributed by atoms with van der Waals surface area (Å²) in [6, 6.07) is 14.9. The summed E-state index contributed by atoms with van der Waals surface area (Å²) in [6.07, 6.45) is 0.557. The molecular weight excluding hydrogens is 704 g/mol. The fraction of sp³-hybridized carbons (Fsp3) is 0.237. The SMILES string of the molecule is CC(=O)Nc1ccc(COC(=O)Oc2ccc(F)c(CN3C(=C4CC4)N(C)[C@@H](C)c4ccc(C(=O)NCc5c(F)cc(F)cc5F)cc43)c2Cl)cc1. The number of ether oxygens (including phenoxy) is 2. The topological polar surface area (TPSA) is 100 Å². The van der Waals surface area contributed by atoms with Gasteiger partial charge < -0.3 is 29.9 Å². The summed E-state index contributed by atoms with van der Waals surface area (Å²) in [4.78, 5) is 41.0. The van der Waals surface area contributed by atoms with Gasteiger partial charge in [0, 0.05) is 60.7 Å². The van der Waals surface area contributed by atoms with E-state index in [1.807, 2.05) is 18.9 Å². The molecule has 1 atom stereocenters. The number of carbonyl (C=O) groups excluding carboxylic acids is 3. The third kappa shape index (κ3) is 7.84. The molecule has 14 heteroatoms. The molecule has 0 aromatic heterocycles. The average Bonchev–Trinajstić information content (AvgIpc) is 3.94. The van der Waals surface area contributed by atoms with Crippen molar-refractivity contribution in [2.24, 2.45) is 0 Å². The van der Waals surface area contributed by atoms with Gasteiger partial charge in [0.05, 0.1) is 17.6 Å². The molecule has 4 aromatic rings. The Morgan fingerprint density at radius 1 is 0.904 bits per heavy atom. The second-order valence-electron chi connectivity index (χ2n) is 12.5. The Morgan fingerprint density at radius 2 is 1.60 bits per heavy atom. The Kier molecular flexibility index (Phi) is 10.4. The van der Waals surface area contributed by atoms with Crippen molar-refractivity contribution in [1.82, 2.24) is 10.2 Å². The zero-order valence-electron chi connectivity index (χ0n) is 28.3. The van der Waals surface area contributed by atoms with Crippen molar-refractivity contribution < 1.29 is 41.4 Å². The number of amides is 2. The highest BCUT2D eigenvalue weighted by molar-refractivity contribution is 6.33. The van der Waals surface area contributed by atoms with Gasteiger partial charge in [-0.25, -0.2) is 22.4 Å². The maximum Gasteiger partial charge on any atom is 0.514 e. The number of halogens is 5. The minimum Gasteiger partial charge on any atom is -0.429 e. The summed E-state index contributed by atoms with van der Waals surface area (Å²) in [5.74, 6) is -4.17. The summed E-state index contributed by atoms with van der Waals surface area (Å²) < 4.78 is 68.0. The van der Waals surface area contributed by atoms with Crippen molar-refractivity contribution >= 4 is 40.9 Å². The van der Waals surface area contributed by atoms with Crippen molar-refractivity contribution in [1.29, 1.82) is 0 Å². The van der Waals surface area contributed by atoms with E-state index in [0.29, 0.717) is 29.1 Å². The maximum absolute atomic E-state index is 15.6. The van der Waals surface area contributed by atoms with Gasteiger partial charge in [0.1, 0.15) is 35.7 Å². The summed E-state index contributed by atoms with van der Waals surface area (Å²) in [7, 11) is 1.91. The Bertz CT molecular complexity index is 2080. The zero-order chi connectivity index (χ0) is 37.3. The van der Waals surface area contributed by atoms with Gasteiger partial charge in [0.25, 0.3) is 5.91 Å². The third-order valence-electron chi connectivity index (χ3n) is 8.84. The lowest BCUT2D eigenvalue weighted by molar-refractivity contribution is -0.114. The number of nitrogens with zero attached hydrogens (tertiary/aromatic N) is 2. The van der Waals surface area contributed by atoms with Crippen LogP contribution in [0.15, 0.2) is 78.1 Å². The number of fused-ring (bicyclic) bond motifs is 1. The summed E-state index contributed by atoms with van der Waals surface area (Å²) >= 11 is 6.69. The van der Waals surface area contributed by atoms with Crippen molar-refractivity contribution in [3.63, 3.8) is 0 Å². The molecule has 270 valence electrons. The number of carbonyl (C=O) groups is 3. The Morgan fingerprint density at radius 3 is 2.25 bits per heavy atom. The molecule has 9 nitrogen and oxygen atoms in total. The van der Waals surface area contributed by atoms with Crippen molar-refractivity contribution in [2.75, 3.05) is 17.3 Å². The summed E-state index contributed by atoms with van der Waals surface area (Å²) in [5.41, 5.74) is 3.41. The Hall–Kier alpha value is -5.56. The number of anilines is 2. The van der Waals surface area contributed by atoms with Crippen LogP contribution < -0.4 is 20.3 Å². The van der Waals surface area contributed by atoms with Gasteiger partial charge in [-0.05, 0) is 72.9 Å². The molecule has 0 saturated heterocycles. The first kappa shape index (κ1) is 36.2. The van der Waals surface area contributed by atoms with Gasteiger partial charge in [0.2, 0.25) is 5.91 Å². The highest BCUT2D eigenvalue weighted by Gasteiger charge is 2.36. The Labute approximate surface area is 301 Å². The van der Waals surface area contributed by atoms with Gasteiger partial charge in [0.15, 0.2) is 5.75 Å². The number of nitrogens with one attached hydrogen (secondary N) is 2. The smallest absolute Gasteiger partial charge is 0.429 e. The van der Waals surface area contributed by atoms with Crippen LogP contribution in [0.1, 0.15) is 65.3 Å². The predicted molar refractivity (Wildman–Crippen MR) is 186 cm³/mol. The monoisotopic (exact) mass is 736 g/mol. The molecule has 0 bridgehead atoms. The van der Waals surface area contributed by atoms with E-state index >= 15 is 4.39 Å². The van der Waals surface area contributed by atoms with Crippen LogP contribution in [-0.2, 0) is 29.2 Å². The number of rotatable bonds is 9. The lowest BCUT2D eigenvalue weighted by Gasteiger charge is -2.44. The van der Waals surface area contributed by atoms with Crippen molar-refractivity contribution in [2.45, 2.75) is 52.4 Å². The van der Waals surface area contributed by atoms with Crippen LogP contribution in [0.3, 0.4) is 0 Å². The van der Waals surface area contributed by atoms with E-state index < -0.39 is 47.4 Å². The summed E-state index contributed by atoms with van der Waals surface area (Å²) in [5, 5.41) is 4.98. The molecule has 1 aliphatic carbocycles. The molecular formula is C38H33ClF4N4O5. The van der Waals surface area contributed by atoms with Gasteiger partial charge in [-0.1, -0.05) is 29.8 Å². The van der Waals surface area contributed by atoms with E-state index in [1.165, 1.54) is 13.0 Å². The minimum absolute atomic E-state index is 0.0188. The van der Waals surface area contributed by atoms with Crippen LogP contribution in [0.5, 0.6) is 5.75 Å². The quantitative estimate of drug-likeness (QED) is 0.101. The largest absolute Gasteiger partial charge is 0.514 e. The van der Waals surface area contributed by atoms with Crippen LogP contribution in [0.2, 0.25) is 5.02 Å². The van der Waals surface area contributed by atoms with Crippen LogP contribution in [-0.4, -0.2) is 29.9 Å². The van der Waals surface area contributed by atoms with Crippen LogP contribution >= 0.6 is 11.6 Å². The molecule has 0 unspecified atom stereocenters. The van der Waals surface area contributed by atoms with Gasteiger partial charge in [-0.2, -0.15) is 0 Å². The second-order valence-corrected chi connectivity index (χ2v) is 12.8. The highest BCUT2D eigenvalue weighted by Crippen LogP contribution is 2.47. The number of allylic oxidation sites excluding steroid dienone is 1. The molecule has 6 rings (SSSR count). The first-order valence-corrected chi connectivity index (χ1v) is 16.6. The van der Waals surface area contributed by atoms with E-state index in [0.717, 1.165) is 35.9 Å². The standard InChI is InChI=1S/C38H33ClF4N4O5/c1-20-27-11-8-24(36(49)44-17-28-31(42)15-25(40)16-32(28)43)14-33(27)47(37(46(20)3)23-6-7-23)18-29-30(41)12-13-34(35(29)39)52-38(50)51-19-22-4-9-26(10-5-22)45-21(2)48/h4-5,8-16,20H,6-7,17-19H2,1-3H3,(H,44,49)(H,45,48)/t20-/m0/s1. The van der Waals surface area contributed by atoms with Crippen LogP contribution in [0, 0.1) is 23.3 Å². The van der Waals surface area contributed by atoms with E-state index in [-0.39, 0.29) is 47.0 Å². The molecule has 52 heavy (non-hydrogen) atoms. The number of hydrogen-bond donors (Lipinski definition) is 2. The normalized spacial score (nSPS) is 14.9. The average molecular weight is 737 g/mol. The van der Waals surface area contributed by atoms with E-state index in [9.17, 15) is 27.6 Å². The first-order chi connectivity index (χ1) is 24.8. The molecule has 1 aliphatic heterocycles. The minimum atomic E-state index is -1.13. The molecule has 4 aromatic carbocycles. The van der Waals surface area contributed by atoms with Gasteiger partial charge >= 0.3 is 6.16 Å². The third-order valence-corrected chi connectivity index (χ3v) is 9.26. The molecule has 0 spiro atoms. The molecule has 1 heterocycles. The molecule has 1 saturated carbocycles. The zero-order valence-corrected chi connectivity index (χ0v) is 29.0. The van der Waals surface area contributed by atoms with Gasteiger partial charge in [-0.15, -0.1) is 0 Å². The lowest BCUT2D eigenvalue weighted by atomic mass is 9.97.